The molecule has 2 saturated carbocycles. The van der Waals surface area contributed by atoms with Crippen LogP contribution in [-0.4, -0.2) is 24.7 Å². The molecule has 7 atom stereocenters. The third-order valence-electron chi connectivity index (χ3n) is 6.97. The summed E-state index contributed by atoms with van der Waals surface area (Å²) in [5.74, 6) is 2.81. The van der Waals surface area contributed by atoms with E-state index in [1.165, 1.54) is 44.9 Å². The smallest absolute Gasteiger partial charge is 0.309 e. The van der Waals surface area contributed by atoms with Crippen molar-refractivity contribution in [1.82, 2.24) is 5.32 Å². The van der Waals surface area contributed by atoms with Gasteiger partial charge in [0.2, 0.25) is 0 Å². The number of piperidine rings is 1. The summed E-state index contributed by atoms with van der Waals surface area (Å²) in [6, 6.07) is 1.16. The first kappa shape index (κ1) is 15.7. The Hall–Kier alpha value is -0.830. The van der Waals surface area contributed by atoms with Crippen LogP contribution in [0.1, 0.15) is 58.3 Å². The number of cyclic esters (lactones) is 1. The molecule has 2 saturated heterocycles. The first-order valence-electron chi connectivity index (χ1n) is 9.83. The lowest BCUT2D eigenvalue weighted by Crippen LogP contribution is -2.42. The first-order valence-corrected chi connectivity index (χ1v) is 9.83. The minimum absolute atomic E-state index is 0.0850. The van der Waals surface area contributed by atoms with E-state index in [0.717, 1.165) is 18.3 Å². The monoisotopic (exact) mass is 317 g/mol. The normalized spacial score (nSPS) is 47.2. The van der Waals surface area contributed by atoms with E-state index in [9.17, 15) is 4.79 Å². The number of carbonyl (C=O) groups is 1. The summed E-state index contributed by atoms with van der Waals surface area (Å²) in [6.45, 7) is 2.95. The predicted molar refractivity (Wildman–Crippen MR) is 90.9 cm³/mol. The summed E-state index contributed by atoms with van der Waals surface area (Å²) in [4.78, 5) is 12.1. The van der Waals surface area contributed by atoms with Crippen LogP contribution in [0.5, 0.6) is 0 Å². The average Bonchev–Trinajstić information content (AvgIpc) is 2.93. The molecule has 128 valence electrons. The molecule has 0 aromatic heterocycles. The molecule has 2 aliphatic heterocycles. The zero-order chi connectivity index (χ0) is 15.8. The van der Waals surface area contributed by atoms with E-state index in [1.54, 1.807) is 0 Å². The number of esters is 1. The van der Waals surface area contributed by atoms with Crippen molar-refractivity contribution in [3.8, 4) is 0 Å². The van der Waals surface area contributed by atoms with Gasteiger partial charge in [0.05, 0.1) is 12.5 Å². The highest BCUT2D eigenvalue weighted by molar-refractivity contribution is 5.75. The van der Waals surface area contributed by atoms with E-state index in [4.69, 9.17) is 4.74 Å². The molecule has 0 amide bonds. The minimum Gasteiger partial charge on any atom is -0.465 e. The largest absolute Gasteiger partial charge is 0.465 e. The second kappa shape index (κ2) is 6.58. The van der Waals surface area contributed by atoms with Gasteiger partial charge in [0.15, 0.2) is 0 Å². The fourth-order valence-electron chi connectivity index (χ4n) is 5.78. The molecule has 2 aliphatic carbocycles. The Labute approximate surface area is 140 Å². The lowest BCUT2D eigenvalue weighted by molar-refractivity contribution is -0.142. The maximum Gasteiger partial charge on any atom is 0.309 e. The Morgan fingerprint density at radius 3 is 2.78 bits per heavy atom. The molecule has 0 spiro atoms. The van der Waals surface area contributed by atoms with Gasteiger partial charge in [0.1, 0.15) is 0 Å². The van der Waals surface area contributed by atoms with Gasteiger partial charge in [-0.15, -0.1) is 0 Å². The van der Waals surface area contributed by atoms with Crippen molar-refractivity contribution in [1.29, 1.82) is 0 Å². The Balaban J connectivity index is 1.52. The van der Waals surface area contributed by atoms with E-state index in [2.05, 4.69) is 24.4 Å². The molecule has 2 heterocycles. The van der Waals surface area contributed by atoms with E-state index in [-0.39, 0.29) is 11.9 Å². The maximum atomic E-state index is 12.1. The molecule has 0 aromatic rings. The Morgan fingerprint density at radius 1 is 1.04 bits per heavy atom. The highest BCUT2D eigenvalue weighted by Gasteiger charge is 2.50. The third-order valence-corrected chi connectivity index (χ3v) is 6.97. The number of rotatable bonds is 2. The van der Waals surface area contributed by atoms with Gasteiger partial charge in [-0.05, 0) is 50.4 Å². The van der Waals surface area contributed by atoms with E-state index in [0.29, 0.717) is 30.5 Å². The van der Waals surface area contributed by atoms with E-state index in [1.807, 2.05) is 0 Å². The number of hydrogen-bond donors (Lipinski definition) is 1. The number of fused-ring (bicyclic) bond motifs is 2. The lowest BCUT2D eigenvalue weighted by atomic mass is 9.58. The molecule has 3 heteroatoms. The first-order chi connectivity index (χ1) is 11.2. The average molecular weight is 317 g/mol. The molecule has 0 radical (unpaired) electrons. The lowest BCUT2D eigenvalue weighted by Gasteiger charge is -2.45. The van der Waals surface area contributed by atoms with Gasteiger partial charge in [0, 0.05) is 18.0 Å². The van der Waals surface area contributed by atoms with E-state index < -0.39 is 0 Å². The second-order valence-electron chi connectivity index (χ2n) is 8.41. The quantitative estimate of drug-likeness (QED) is 0.623. The number of ether oxygens (including phenoxy) is 1. The molecule has 4 rings (SSSR count). The van der Waals surface area contributed by atoms with Crippen LogP contribution in [0.4, 0.5) is 0 Å². The summed E-state index contributed by atoms with van der Waals surface area (Å²) >= 11 is 0. The molecule has 23 heavy (non-hydrogen) atoms. The molecule has 4 aliphatic rings. The standard InChI is InChI=1S/C20H31NO2/c1-13-5-4-7-15(21-13)9-10-17-16-8-3-2-6-14(16)11-18-19(17)12-23-20(18)22/h9-10,13-19,21H,2-8,11-12H2,1H3/b10-9+/t13-,14+,15+,16-,17+,18-,19+/m0/s1. The third kappa shape index (κ3) is 3.09. The highest BCUT2D eigenvalue weighted by Crippen LogP contribution is 2.51. The summed E-state index contributed by atoms with van der Waals surface area (Å²) in [5.41, 5.74) is 0. The van der Waals surface area contributed by atoms with Crippen LogP contribution in [0.25, 0.3) is 0 Å². The van der Waals surface area contributed by atoms with Gasteiger partial charge in [-0.25, -0.2) is 0 Å². The molecule has 4 fully saturated rings. The van der Waals surface area contributed by atoms with Crippen molar-refractivity contribution in [2.75, 3.05) is 6.61 Å². The van der Waals surface area contributed by atoms with Gasteiger partial charge in [-0.1, -0.05) is 37.8 Å². The van der Waals surface area contributed by atoms with Gasteiger partial charge >= 0.3 is 5.97 Å². The van der Waals surface area contributed by atoms with Crippen LogP contribution in [0, 0.1) is 29.6 Å². The highest BCUT2D eigenvalue weighted by atomic mass is 16.5. The van der Waals surface area contributed by atoms with Gasteiger partial charge < -0.3 is 10.1 Å². The van der Waals surface area contributed by atoms with Crippen molar-refractivity contribution in [3.05, 3.63) is 12.2 Å². The Bertz CT molecular complexity index is 474. The Kier molecular flexibility index (Phi) is 4.49. The van der Waals surface area contributed by atoms with Crippen molar-refractivity contribution >= 4 is 5.97 Å². The van der Waals surface area contributed by atoms with Crippen LogP contribution in [0.15, 0.2) is 12.2 Å². The molecule has 0 bridgehead atoms. The van der Waals surface area contributed by atoms with Gasteiger partial charge in [0.25, 0.3) is 0 Å². The molecular formula is C20H31NO2. The fraction of sp³-hybridized carbons (Fsp3) is 0.850. The van der Waals surface area contributed by atoms with E-state index >= 15 is 0 Å². The summed E-state index contributed by atoms with van der Waals surface area (Å²) in [7, 11) is 0. The zero-order valence-electron chi connectivity index (χ0n) is 14.4. The molecule has 0 unspecified atom stereocenters. The van der Waals surface area contributed by atoms with Crippen molar-refractivity contribution < 1.29 is 9.53 Å². The molecule has 3 nitrogen and oxygen atoms in total. The predicted octanol–water partition coefficient (Wildman–Crippen LogP) is 3.69. The topological polar surface area (TPSA) is 38.3 Å². The van der Waals surface area contributed by atoms with Crippen molar-refractivity contribution in [3.63, 3.8) is 0 Å². The minimum atomic E-state index is 0.0850. The number of carbonyl (C=O) groups excluding carboxylic acids is 1. The molecule has 0 aromatic carbocycles. The van der Waals surface area contributed by atoms with Gasteiger partial charge in [-0.2, -0.15) is 0 Å². The van der Waals surface area contributed by atoms with Crippen molar-refractivity contribution in [2.45, 2.75) is 70.4 Å². The number of nitrogens with one attached hydrogen (secondary N) is 1. The maximum absolute atomic E-state index is 12.1. The van der Waals surface area contributed by atoms with Crippen LogP contribution in [0.2, 0.25) is 0 Å². The zero-order valence-corrected chi connectivity index (χ0v) is 14.4. The van der Waals surface area contributed by atoms with Gasteiger partial charge in [-0.3, -0.25) is 4.79 Å². The fourth-order valence-corrected chi connectivity index (χ4v) is 5.78. The van der Waals surface area contributed by atoms with Crippen LogP contribution in [-0.2, 0) is 9.53 Å². The SMILES string of the molecule is C[C@H]1CCC[C@H](/C=C/[C@H]2[C@H]3COC(=O)[C@H]3C[C@H]3CCCC[C@@H]32)N1. The van der Waals surface area contributed by atoms with Crippen LogP contribution < -0.4 is 5.32 Å². The van der Waals surface area contributed by atoms with Crippen LogP contribution >= 0.6 is 0 Å². The Morgan fingerprint density at radius 2 is 1.91 bits per heavy atom. The second-order valence-corrected chi connectivity index (χ2v) is 8.41. The number of allylic oxidation sites excluding steroid dienone is 1. The molecule has 1 N–H and O–H groups in total. The van der Waals surface area contributed by atoms with Crippen molar-refractivity contribution in [2.24, 2.45) is 29.6 Å². The summed E-state index contributed by atoms with van der Waals surface area (Å²) in [6.07, 6.45) is 15.3. The number of hydrogen-bond acceptors (Lipinski definition) is 3. The summed E-state index contributed by atoms with van der Waals surface area (Å²) < 4.78 is 5.46. The molecular weight excluding hydrogens is 286 g/mol. The summed E-state index contributed by atoms with van der Waals surface area (Å²) in [5, 5.41) is 3.71. The van der Waals surface area contributed by atoms with Crippen LogP contribution in [0.3, 0.4) is 0 Å².